The second-order valence-electron chi connectivity index (χ2n) is 6.75. The van der Waals surface area contributed by atoms with Crippen molar-refractivity contribution >= 4 is 5.82 Å². The molecule has 0 radical (unpaired) electrons. The molecule has 0 spiro atoms. The molecule has 1 saturated heterocycles. The summed E-state index contributed by atoms with van der Waals surface area (Å²) in [5, 5.41) is 3.62. The smallest absolute Gasteiger partial charge is 0.128 e. The highest BCUT2D eigenvalue weighted by Crippen LogP contribution is 2.22. The SMILES string of the molecule is Cc1ccnc(N2CCC(CNC(C)(C)C)CC2)c1. The monoisotopic (exact) mass is 261 g/mol. The summed E-state index contributed by atoms with van der Waals surface area (Å²) >= 11 is 0. The van der Waals surface area contributed by atoms with Gasteiger partial charge in [-0.05, 0) is 70.7 Å². The topological polar surface area (TPSA) is 28.2 Å². The predicted molar refractivity (Wildman–Crippen MR) is 81.7 cm³/mol. The molecular formula is C16H27N3. The lowest BCUT2D eigenvalue weighted by molar-refractivity contribution is 0.328. The van der Waals surface area contributed by atoms with Crippen LogP contribution in [0.15, 0.2) is 18.3 Å². The van der Waals surface area contributed by atoms with Crippen LogP contribution in [0.25, 0.3) is 0 Å². The molecule has 1 N–H and O–H groups in total. The van der Waals surface area contributed by atoms with Crippen molar-refractivity contribution < 1.29 is 0 Å². The summed E-state index contributed by atoms with van der Waals surface area (Å²) in [5.41, 5.74) is 1.52. The van der Waals surface area contributed by atoms with Crippen LogP contribution in [-0.4, -0.2) is 30.2 Å². The first kappa shape index (κ1) is 14.3. The summed E-state index contributed by atoms with van der Waals surface area (Å²) in [6.45, 7) is 12.2. The Balaban J connectivity index is 1.82. The molecule has 0 unspecified atom stereocenters. The third kappa shape index (κ3) is 4.50. The van der Waals surface area contributed by atoms with E-state index in [2.05, 4.69) is 55.0 Å². The van der Waals surface area contributed by atoms with Gasteiger partial charge in [0.05, 0.1) is 0 Å². The van der Waals surface area contributed by atoms with Gasteiger partial charge in [0.2, 0.25) is 0 Å². The van der Waals surface area contributed by atoms with Gasteiger partial charge in [-0.3, -0.25) is 0 Å². The van der Waals surface area contributed by atoms with Gasteiger partial charge in [0, 0.05) is 24.8 Å². The van der Waals surface area contributed by atoms with Gasteiger partial charge in [-0.15, -0.1) is 0 Å². The summed E-state index contributed by atoms with van der Waals surface area (Å²) in [6.07, 6.45) is 4.44. The van der Waals surface area contributed by atoms with Crippen LogP contribution < -0.4 is 10.2 Å². The molecule has 1 aromatic heterocycles. The van der Waals surface area contributed by atoms with Gasteiger partial charge in [0.1, 0.15) is 5.82 Å². The molecule has 1 aromatic rings. The standard InChI is InChI=1S/C16H27N3/c1-13-5-8-17-15(11-13)19-9-6-14(7-10-19)12-18-16(2,3)4/h5,8,11,14,18H,6-7,9-10,12H2,1-4H3. The Labute approximate surface area is 117 Å². The highest BCUT2D eigenvalue weighted by Gasteiger charge is 2.21. The first-order chi connectivity index (χ1) is 8.94. The molecule has 0 aromatic carbocycles. The highest BCUT2D eigenvalue weighted by molar-refractivity contribution is 5.40. The van der Waals surface area contributed by atoms with Crippen molar-refractivity contribution in [2.75, 3.05) is 24.5 Å². The molecule has 0 amide bonds. The average Bonchev–Trinajstić information content (AvgIpc) is 2.36. The van der Waals surface area contributed by atoms with Gasteiger partial charge in [0.15, 0.2) is 0 Å². The number of hydrogen-bond acceptors (Lipinski definition) is 3. The third-order valence-electron chi connectivity index (χ3n) is 3.76. The second-order valence-corrected chi connectivity index (χ2v) is 6.75. The van der Waals surface area contributed by atoms with E-state index in [9.17, 15) is 0 Å². The lowest BCUT2D eigenvalue weighted by atomic mass is 9.95. The zero-order valence-corrected chi connectivity index (χ0v) is 12.7. The molecule has 19 heavy (non-hydrogen) atoms. The van der Waals surface area contributed by atoms with E-state index in [0.717, 1.165) is 31.4 Å². The summed E-state index contributed by atoms with van der Waals surface area (Å²) < 4.78 is 0. The highest BCUT2D eigenvalue weighted by atomic mass is 15.2. The lowest BCUT2D eigenvalue weighted by Crippen LogP contribution is -2.43. The van der Waals surface area contributed by atoms with Crippen molar-refractivity contribution in [3.8, 4) is 0 Å². The Hall–Kier alpha value is -1.09. The number of nitrogens with zero attached hydrogens (tertiary/aromatic N) is 2. The fourth-order valence-electron chi connectivity index (χ4n) is 2.51. The minimum Gasteiger partial charge on any atom is -0.357 e. The van der Waals surface area contributed by atoms with Crippen molar-refractivity contribution in [1.82, 2.24) is 10.3 Å². The van der Waals surface area contributed by atoms with Crippen LogP contribution in [0.5, 0.6) is 0 Å². The number of hydrogen-bond donors (Lipinski definition) is 1. The Morgan fingerprint density at radius 1 is 1.32 bits per heavy atom. The minimum atomic E-state index is 0.231. The van der Waals surface area contributed by atoms with Gasteiger partial charge in [-0.2, -0.15) is 0 Å². The Morgan fingerprint density at radius 3 is 2.58 bits per heavy atom. The fraction of sp³-hybridized carbons (Fsp3) is 0.688. The Morgan fingerprint density at radius 2 is 2.00 bits per heavy atom. The number of nitrogens with one attached hydrogen (secondary N) is 1. The molecule has 1 aliphatic heterocycles. The van der Waals surface area contributed by atoms with Crippen LogP contribution in [0.4, 0.5) is 5.82 Å². The number of rotatable bonds is 3. The van der Waals surface area contributed by atoms with Gasteiger partial charge < -0.3 is 10.2 Å². The number of anilines is 1. The van der Waals surface area contributed by atoms with Crippen molar-refractivity contribution in [3.05, 3.63) is 23.9 Å². The largest absolute Gasteiger partial charge is 0.357 e. The fourth-order valence-corrected chi connectivity index (χ4v) is 2.51. The molecule has 0 saturated carbocycles. The van der Waals surface area contributed by atoms with E-state index in [-0.39, 0.29) is 5.54 Å². The molecule has 106 valence electrons. The van der Waals surface area contributed by atoms with Crippen molar-refractivity contribution in [2.24, 2.45) is 5.92 Å². The van der Waals surface area contributed by atoms with Crippen molar-refractivity contribution in [3.63, 3.8) is 0 Å². The van der Waals surface area contributed by atoms with Gasteiger partial charge >= 0.3 is 0 Å². The minimum absolute atomic E-state index is 0.231. The molecule has 2 heterocycles. The number of aryl methyl sites for hydroxylation is 1. The van der Waals surface area contributed by atoms with E-state index in [1.54, 1.807) is 0 Å². The molecule has 0 atom stereocenters. The van der Waals surface area contributed by atoms with Crippen LogP contribution in [0.1, 0.15) is 39.2 Å². The van der Waals surface area contributed by atoms with Crippen LogP contribution in [0, 0.1) is 12.8 Å². The van der Waals surface area contributed by atoms with Crippen LogP contribution in [-0.2, 0) is 0 Å². The molecular weight excluding hydrogens is 234 g/mol. The van der Waals surface area contributed by atoms with Gasteiger partial charge in [-0.25, -0.2) is 4.98 Å². The number of aromatic nitrogens is 1. The predicted octanol–water partition coefficient (Wildman–Crippen LogP) is 2.99. The van der Waals surface area contributed by atoms with Crippen LogP contribution >= 0.6 is 0 Å². The number of pyridine rings is 1. The molecule has 3 heteroatoms. The van der Waals surface area contributed by atoms with E-state index >= 15 is 0 Å². The Kier molecular flexibility index (Phi) is 4.46. The first-order valence-electron chi connectivity index (χ1n) is 7.37. The maximum atomic E-state index is 4.48. The van der Waals surface area contributed by atoms with Gasteiger partial charge in [0.25, 0.3) is 0 Å². The van der Waals surface area contributed by atoms with E-state index < -0.39 is 0 Å². The van der Waals surface area contributed by atoms with E-state index in [1.165, 1.54) is 18.4 Å². The second kappa shape index (κ2) is 5.91. The molecule has 3 nitrogen and oxygen atoms in total. The van der Waals surface area contributed by atoms with Crippen LogP contribution in [0.3, 0.4) is 0 Å². The summed E-state index contributed by atoms with van der Waals surface area (Å²) in [6, 6.07) is 4.25. The summed E-state index contributed by atoms with van der Waals surface area (Å²) in [4.78, 5) is 6.90. The summed E-state index contributed by atoms with van der Waals surface area (Å²) in [5.74, 6) is 1.95. The van der Waals surface area contributed by atoms with Crippen molar-refractivity contribution in [1.29, 1.82) is 0 Å². The van der Waals surface area contributed by atoms with E-state index in [0.29, 0.717) is 0 Å². The lowest BCUT2D eigenvalue weighted by Gasteiger charge is -2.34. The first-order valence-corrected chi connectivity index (χ1v) is 7.37. The zero-order valence-electron chi connectivity index (χ0n) is 12.7. The maximum absolute atomic E-state index is 4.48. The quantitative estimate of drug-likeness (QED) is 0.906. The molecule has 2 rings (SSSR count). The molecule has 1 aliphatic rings. The molecule has 0 aliphatic carbocycles. The van der Waals surface area contributed by atoms with Gasteiger partial charge in [-0.1, -0.05) is 0 Å². The molecule has 0 bridgehead atoms. The zero-order chi connectivity index (χ0) is 13.9. The normalized spacial score (nSPS) is 17.8. The van der Waals surface area contributed by atoms with E-state index in [4.69, 9.17) is 0 Å². The Bertz CT molecular complexity index is 401. The maximum Gasteiger partial charge on any atom is 0.128 e. The number of piperidine rings is 1. The van der Waals surface area contributed by atoms with Crippen LogP contribution in [0.2, 0.25) is 0 Å². The third-order valence-corrected chi connectivity index (χ3v) is 3.76. The average molecular weight is 261 g/mol. The summed E-state index contributed by atoms with van der Waals surface area (Å²) in [7, 11) is 0. The van der Waals surface area contributed by atoms with Crippen molar-refractivity contribution in [2.45, 2.75) is 46.1 Å². The molecule has 1 fully saturated rings. The van der Waals surface area contributed by atoms with E-state index in [1.807, 2.05) is 6.20 Å².